The van der Waals surface area contributed by atoms with Gasteiger partial charge in [-0.25, -0.2) is 4.39 Å². The molecule has 1 nitrogen and oxygen atoms in total. The van der Waals surface area contributed by atoms with Gasteiger partial charge in [0.2, 0.25) is 0 Å². The van der Waals surface area contributed by atoms with Crippen molar-refractivity contribution in [3.8, 4) is 0 Å². The summed E-state index contributed by atoms with van der Waals surface area (Å²) in [5, 5.41) is 3.35. The van der Waals surface area contributed by atoms with E-state index in [9.17, 15) is 4.39 Å². The van der Waals surface area contributed by atoms with Gasteiger partial charge in [-0.3, -0.25) is 0 Å². The van der Waals surface area contributed by atoms with Gasteiger partial charge in [0.15, 0.2) is 0 Å². The van der Waals surface area contributed by atoms with Crippen molar-refractivity contribution in [3.63, 3.8) is 0 Å². The third-order valence-electron chi connectivity index (χ3n) is 2.52. The fraction of sp³-hybridized carbons (Fsp3) is 0.500. The predicted molar refractivity (Wildman–Crippen MR) is 57.7 cm³/mol. The van der Waals surface area contributed by atoms with Gasteiger partial charge in [-0.05, 0) is 26.3 Å². The molecular formula is C12H18FN. The smallest absolute Gasteiger partial charge is 0.127 e. The quantitative estimate of drug-likeness (QED) is 0.777. The zero-order valence-corrected chi connectivity index (χ0v) is 9.05. The second-order valence-corrected chi connectivity index (χ2v) is 3.72. The fourth-order valence-corrected chi connectivity index (χ4v) is 1.46. The molecule has 2 heteroatoms. The normalized spacial score (nSPS) is 15.1. The lowest BCUT2D eigenvalue weighted by Gasteiger charge is -2.19. The average molecular weight is 195 g/mol. The fourth-order valence-electron chi connectivity index (χ4n) is 1.46. The Hall–Kier alpha value is -0.890. The van der Waals surface area contributed by atoms with E-state index < -0.39 is 0 Å². The molecule has 0 spiro atoms. The van der Waals surface area contributed by atoms with Crippen molar-refractivity contribution in [2.75, 3.05) is 0 Å². The van der Waals surface area contributed by atoms with Gasteiger partial charge in [0.05, 0.1) is 0 Å². The minimum absolute atomic E-state index is 0.0751. The molecule has 0 fully saturated rings. The molecule has 14 heavy (non-hydrogen) atoms. The van der Waals surface area contributed by atoms with Crippen LogP contribution in [0.5, 0.6) is 0 Å². The molecule has 0 aliphatic heterocycles. The lowest BCUT2D eigenvalue weighted by atomic mass is 10.1. The summed E-state index contributed by atoms with van der Waals surface area (Å²) < 4.78 is 13.4. The van der Waals surface area contributed by atoms with Gasteiger partial charge in [-0.15, -0.1) is 0 Å². The first kappa shape index (κ1) is 11.2. The first-order valence-electron chi connectivity index (χ1n) is 5.15. The number of hydrogen-bond donors (Lipinski definition) is 1. The molecule has 0 bridgehead atoms. The molecular weight excluding hydrogens is 177 g/mol. The van der Waals surface area contributed by atoms with Gasteiger partial charge in [-0.1, -0.05) is 25.1 Å². The highest BCUT2D eigenvalue weighted by Gasteiger charge is 2.11. The molecule has 1 rings (SSSR count). The molecule has 0 heterocycles. The van der Waals surface area contributed by atoms with E-state index in [4.69, 9.17) is 0 Å². The summed E-state index contributed by atoms with van der Waals surface area (Å²) in [6, 6.07) is 7.41. The summed E-state index contributed by atoms with van der Waals surface area (Å²) in [5.41, 5.74) is 0.743. The number of nitrogens with one attached hydrogen (secondary N) is 1. The maximum atomic E-state index is 13.4. The summed E-state index contributed by atoms with van der Waals surface area (Å²) in [6.07, 6.45) is 1.05. The van der Waals surface area contributed by atoms with Crippen LogP contribution in [0.15, 0.2) is 24.3 Å². The van der Waals surface area contributed by atoms with Crippen molar-refractivity contribution >= 4 is 0 Å². The lowest BCUT2D eigenvalue weighted by Crippen LogP contribution is -2.28. The minimum atomic E-state index is -0.129. The summed E-state index contributed by atoms with van der Waals surface area (Å²) in [6.45, 7) is 6.22. The van der Waals surface area contributed by atoms with E-state index in [0.717, 1.165) is 12.0 Å². The maximum absolute atomic E-state index is 13.4. The van der Waals surface area contributed by atoms with Gasteiger partial charge in [0, 0.05) is 17.6 Å². The van der Waals surface area contributed by atoms with Crippen molar-refractivity contribution in [1.29, 1.82) is 0 Å². The van der Waals surface area contributed by atoms with Crippen LogP contribution in [0.3, 0.4) is 0 Å². The highest BCUT2D eigenvalue weighted by Crippen LogP contribution is 2.16. The molecule has 78 valence electrons. The second-order valence-electron chi connectivity index (χ2n) is 3.72. The Morgan fingerprint density at radius 1 is 1.29 bits per heavy atom. The van der Waals surface area contributed by atoms with E-state index in [-0.39, 0.29) is 11.9 Å². The Balaban J connectivity index is 2.69. The van der Waals surface area contributed by atoms with Crippen molar-refractivity contribution in [2.24, 2.45) is 0 Å². The zero-order valence-electron chi connectivity index (χ0n) is 9.05. The van der Waals surface area contributed by atoms with Crippen molar-refractivity contribution in [1.82, 2.24) is 5.32 Å². The second kappa shape index (κ2) is 5.11. The molecule has 1 aromatic rings. The largest absolute Gasteiger partial charge is 0.308 e. The summed E-state index contributed by atoms with van der Waals surface area (Å²) in [7, 11) is 0. The van der Waals surface area contributed by atoms with E-state index in [0.29, 0.717) is 6.04 Å². The number of rotatable bonds is 4. The number of halogens is 1. The van der Waals surface area contributed by atoms with Crippen molar-refractivity contribution < 1.29 is 4.39 Å². The Labute approximate surface area is 85.3 Å². The number of hydrogen-bond acceptors (Lipinski definition) is 1. The highest BCUT2D eigenvalue weighted by atomic mass is 19.1. The predicted octanol–water partition coefficient (Wildman–Crippen LogP) is 3.27. The van der Waals surface area contributed by atoms with Crippen LogP contribution in [0.1, 0.15) is 38.8 Å². The molecule has 0 aliphatic carbocycles. The molecule has 2 atom stereocenters. The third kappa shape index (κ3) is 2.81. The summed E-state index contributed by atoms with van der Waals surface area (Å²) in [5.74, 6) is -0.129. The first-order chi connectivity index (χ1) is 6.65. The van der Waals surface area contributed by atoms with Crippen LogP contribution in [-0.4, -0.2) is 6.04 Å². The Morgan fingerprint density at radius 2 is 1.93 bits per heavy atom. The average Bonchev–Trinajstić information content (AvgIpc) is 2.18. The van der Waals surface area contributed by atoms with Crippen LogP contribution in [0.4, 0.5) is 4.39 Å². The van der Waals surface area contributed by atoms with E-state index in [1.165, 1.54) is 6.07 Å². The van der Waals surface area contributed by atoms with Crippen molar-refractivity contribution in [3.05, 3.63) is 35.6 Å². The van der Waals surface area contributed by atoms with Gasteiger partial charge in [0.25, 0.3) is 0 Å². The van der Waals surface area contributed by atoms with Gasteiger partial charge >= 0.3 is 0 Å². The molecule has 0 aromatic heterocycles. The monoisotopic (exact) mass is 195 g/mol. The number of benzene rings is 1. The van der Waals surface area contributed by atoms with Crippen LogP contribution >= 0.6 is 0 Å². The molecule has 0 aliphatic rings. The molecule has 1 unspecified atom stereocenters. The minimum Gasteiger partial charge on any atom is -0.308 e. The van der Waals surface area contributed by atoms with E-state index >= 15 is 0 Å². The molecule has 0 amide bonds. The highest BCUT2D eigenvalue weighted by molar-refractivity contribution is 5.20. The Bertz CT molecular complexity index is 285. The zero-order chi connectivity index (χ0) is 10.6. The van der Waals surface area contributed by atoms with Crippen molar-refractivity contribution in [2.45, 2.75) is 39.3 Å². The molecule has 1 aromatic carbocycles. The van der Waals surface area contributed by atoms with E-state index in [2.05, 4.69) is 19.2 Å². The maximum Gasteiger partial charge on any atom is 0.127 e. The molecule has 0 radical (unpaired) electrons. The van der Waals surface area contributed by atoms with E-state index in [1.807, 2.05) is 19.1 Å². The third-order valence-corrected chi connectivity index (χ3v) is 2.52. The molecule has 0 saturated heterocycles. The molecule has 1 N–H and O–H groups in total. The van der Waals surface area contributed by atoms with Crippen LogP contribution in [0.25, 0.3) is 0 Å². The Morgan fingerprint density at radius 3 is 2.50 bits per heavy atom. The first-order valence-corrected chi connectivity index (χ1v) is 5.15. The van der Waals surface area contributed by atoms with Crippen LogP contribution in [0.2, 0.25) is 0 Å². The SMILES string of the molecule is CCC(C)N[C@H](C)c1ccccc1F. The van der Waals surface area contributed by atoms with Gasteiger partial charge in [0.1, 0.15) is 5.82 Å². The van der Waals surface area contributed by atoms with Gasteiger partial charge in [-0.2, -0.15) is 0 Å². The van der Waals surface area contributed by atoms with Crippen LogP contribution in [0, 0.1) is 5.82 Å². The topological polar surface area (TPSA) is 12.0 Å². The summed E-state index contributed by atoms with van der Waals surface area (Å²) >= 11 is 0. The standard InChI is InChI=1S/C12H18FN/c1-4-9(2)14-10(3)11-7-5-6-8-12(11)13/h5-10,14H,4H2,1-3H3/t9?,10-/m1/s1. The van der Waals surface area contributed by atoms with E-state index in [1.54, 1.807) is 6.07 Å². The van der Waals surface area contributed by atoms with Crippen LogP contribution in [-0.2, 0) is 0 Å². The van der Waals surface area contributed by atoms with Crippen LogP contribution < -0.4 is 5.32 Å². The Kier molecular flexibility index (Phi) is 4.08. The lowest BCUT2D eigenvalue weighted by molar-refractivity contribution is 0.454. The molecule has 0 saturated carbocycles. The van der Waals surface area contributed by atoms with Gasteiger partial charge < -0.3 is 5.32 Å². The summed E-state index contributed by atoms with van der Waals surface area (Å²) in [4.78, 5) is 0.